The molecule has 2 heterocycles. The average Bonchev–Trinajstić information content (AvgIpc) is 3.20. The number of hydrogen-bond acceptors (Lipinski definition) is 3. The van der Waals surface area contributed by atoms with Crippen LogP contribution in [0.2, 0.25) is 0 Å². The van der Waals surface area contributed by atoms with Crippen LogP contribution < -0.4 is 5.69 Å². The third kappa shape index (κ3) is 4.66. The van der Waals surface area contributed by atoms with Crippen LogP contribution in [0.25, 0.3) is 11.1 Å². The summed E-state index contributed by atoms with van der Waals surface area (Å²) in [5.41, 5.74) is 3.08. The number of aromatic amines is 2. The lowest BCUT2D eigenvalue weighted by Crippen LogP contribution is -2.38. The van der Waals surface area contributed by atoms with Gasteiger partial charge in [-0.3, -0.25) is 9.59 Å². The lowest BCUT2D eigenvalue weighted by molar-refractivity contribution is -0.134. The number of rotatable bonds is 6. The summed E-state index contributed by atoms with van der Waals surface area (Å²) in [5.74, 6) is -0.549. The molecular formula is C25H28N4O3. The van der Waals surface area contributed by atoms with Gasteiger partial charge in [0.05, 0.1) is 5.92 Å². The van der Waals surface area contributed by atoms with E-state index in [1.807, 2.05) is 42.2 Å². The fourth-order valence-corrected chi connectivity index (χ4v) is 4.35. The van der Waals surface area contributed by atoms with E-state index < -0.39 is 5.69 Å². The van der Waals surface area contributed by atoms with Crippen LogP contribution in [-0.2, 0) is 11.2 Å². The van der Waals surface area contributed by atoms with Gasteiger partial charge in [-0.1, -0.05) is 61.5 Å². The molecule has 1 fully saturated rings. The number of nitrogens with one attached hydrogen (secondary N) is 2. The maximum Gasteiger partial charge on any atom is 0.323 e. The highest BCUT2D eigenvalue weighted by molar-refractivity contribution is 5.93. The average molecular weight is 433 g/mol. The van der Waals surface area contributed by atoms with Crippen LogP contribution in [0.3, 0.4) is 0 Å². The molecule has 0 bridgehead atoms. The molecule has 166 valence electrons. The molecule has 7 nitrogen and oxygen atoms in total. The summed E-state index contributed by atoms with van der Waals surface area (Å²) in [7, 11) is 0. The minimum absolute atomic E-state index is 0.0765. The van der Waals surface area contributed by atoms with E-state index in [9.17, 15) is 14.4 Å². The number of H-pyrrole nitrogens is 2. The maximum absolute atomic E-state index is 13.4. The van der Waals surface area contributed by atoms with Gasteiger partial charge in [-0.05, 0) is 29.5 Å². The minimum Gasteiger partial charge on any atom is -0.341 e. The molecule has 1 aliphatic heterocycles. The number of aromatic nitrogens is 2. The van der Waals surface area contributed by atoms with Crippen molar-refractivity contribution in [3.8, 4) is 11.1 Å². The third-order valence-electron chi connectivity index (χ3n) is 5.92. The van der Waals surface area contributed by atoms with E-state index in [1.54, 1.807) is 4.90 Å². The first-order chi connectivity index (χ1) is 15.6. The number of nitrogens with zero attached hydrogens (tertiary/aromatic N) is 2. The van der Waals surface area contributed by atoms with Gasteiger partial charge in [-0.15, -0.1) is 0 Å². The van der Waals surface area contributed by atoms with Crippen molar-refractivity contribution in [3.63, 3.8) is 0 Å². The number of hydrogen-bond donors (Lipinski definition) is 2. The van der Waals surface area contributed by atoms with Gasteiger partial charge in [0, 0.05) is 32.4 Å². The SMILES string of the molecule is CCCN1CCN(C(=O)c2c[nH]c(=O)[nH]2)C[C@@H](Cc2ccccc2-c2ccccc2)C1=O. The van der Waals surface area contributed by atoms with E-state index in [-0.39, 0.29) is 23.4 Å². The zero-order chi connectivity index (χ0) is 22.5. The van der Waals surface area contributed by atoms with Crippen LogP contribution in [-0.4, -0.2) is 57.8 Å². The Balaban J connectivity index is 1.64. The molecule has 0 saturated carbocycles. The van der Waals surface area contributed by atoms with E-state index >= 15 is 0 Å². The highest BCUT2D eigenvalue weighted by atomic mass is 16.2. The van der Waals surface area contributed by atoms with E-state index in [0.29, 0.717) is 32.6 Å². The summed E-state index contributed by atoms with van der Waals surface area (Å²) in [6.45, 7) is 3.96. The van der Waals surface area contributed by atoms with E-state index in [0.717, 1.165) is 23.1 Å². The van der Waals surface area contributed by atoms with Crippen LogP contribution >= 0.6 is 0 Å². The van der Waals surface area contributed by atoms with Crippen molar-refractivity contribution in [3.05, 3.63) is 82.5 Å². The van der Waals surface area contributed by atoms with E-state index in [2.05, 4.69) is 34.2 Å². The van der Waals surface area contributed by atoms with Crippen molar-refractivity contribution in [1.29, 1.82) is 0 Å². The number of benzene rings is 2. The van der Waals surface area contributed by atoms with Crippen molar-refractivity contribution in [2.45, 2.75) is 19.8 Å². The van der Waals surface area contributed by atoms with Crippen molar-refractivity contribution in [1.82, 2.24) is 19.8 Å². The number of carbonyl (C=O) groups is 2. The molecule has 2 amide bonds. The quantitative estimate of drug-likeness (QED) is 0.628. The zero-order valence-electron chi connectivity index (χ0n) is 18.2. The summed E-state index contributed by atoms with van der Waals surface area (Å²) >= 11 is 0. The summed E-state index contributed by atoms with van der Waals surface area (Å²) in [6, 6.07) is 18.2. The molecule has 4 rings (SSSR count). The Labute approximate surface area is 187 Å². The molecule has 0 unspecified atom stereocenters. The molecule has 2 N–H and O–H groups in total. The van der Waals surface area contributed by atoms with Gasteiger partial charge in [0.2, 0.25) is 5.91 Å². The second-order valence-corrected chi connectivity index (χ2v) is 8.16. The molecule has 1 aliphatic rings. The van der Waals surface area contributed by atoms with Gasteiger partial charge in [-0.25, -0.2) is 4.79 Å². The molecule has 2 aromatic carbocycles. The molecule has 0 radical (unpaired) electrons. The predicted molar refractivity (Wildman–Crippen MR) is 123 cm³/mol. The molecule has 1 aromatic heterocycles. The second-order valence-electron chi connectivity index (χ2n) is 8.16. The van der Waals surface area contributed by atoms with Crippen LogP contribution in [0.5, 0.6) is 0 Å². The first-order valence-electron chi connectivity index (χ1n) is 11.1. The van der Waals surface area contributed by atoms with Gasteiger partial charge in [0.25, 0.3) is 5.91 Å². The Hall–Kier alpha value is -3.61. The normalized spacial score (nSPS) is 16.8. The first kappa shape index (κ1) is 21.6. The summed E-state index contributed by atoms with van der Waals surface area (Å²) in [6.07, 6.45) is 2.79. The minimum atomic E-state index is -0.416. The van der Waals surface area contributed by atoms with E-state index in [1.165, 1.54) is 6.20 Å². The molecule has 7 heteroatoms. The molecule has 32 heavy (non-hydrogen) atoms. The smallest absolute Gasteiger partial charge is 0.323 e. The summed E-state index contributed by atoms with van der Waals surface area (Å²) in [5, 5.41) is 0. The topological polar surface area (TPSA) is 89.3 Å². The lowest BCUT2D eigenvalue weighted by atomic mass is 9.91. The van der Waals surface area contributed by atoms with Crippen molar-refractivity contribution in [2.24, 2.45) is 5.92 Å². The molecule has 1 atom stereocenters. The fraction of sp³-hybridized carbons (Fsp3) is 0.320. The second kappa shape index (κ2) is 9.68. The van der Waals surface area contributed by atoms with Crippen LogP contribution in [0.15, 0.2) is 65.6 Å². The molecule has 1 saturated heterocycles. The highest BCUT2D eigenvalue weighted by Gasteiger charge is 2.33. The zero-order valence-corrected chi connectivity index (χ0v) is 18.2. The Kier molecular flexibility index (Phi) is 6.54. The Morgan fingerprint density at radius 2 is 1.78 bits per heavy atom. The Morgan fingerprint density at radius 3 is 2.50 bits per heavy atom. The number of amides is 2. The van der Waals surface area contributed by atoms with E-state index in [4.69, 9.17) is 0 Å². The van der Waals surface area contributed by atoms with Gasteiger partial charge in [0.15, 0.2) is 0 Å². The lowest BCUT2D eigenvalue weighted by Gasteiger charge is -2.24. The van der Waals surface area contributed by atoms with Gasteiger partial charge in [-0.2, -0.15) is 0 Å². The predicted octanol–water partition coefficient (Wildman–Crippen LogP) is 2.92. The van der Waals surface area contributed by atoms with Crippen molar-refractivity contribution >= 4 is 11.8 Å². The summed E-state index contributed by atoms with van der Waals surface area (Å²) in [4.78, 5) is 46.5. The molecule has 3 aromatic rings. The van der Waals surface area contributed by atoms with Crippen molar-refractivity contribution in [2.75, 3.05) is 26.2 Å². The van der Waals surface area contributed by atoms with Gasteiger partial charge in [0.1, 0.15) is 5.69 Å². The van der Waals surface area contributed by atoms with Gasteiger partial charge >= 0.3 is 5.69 Å². The first-order valence-corrected chi connectivity index (χ1v) is 11.1. The standard InChI is InChI=1S/C25H28N4O3/c1-2-12-28-13-14-29(24(31)22-16-26-25(32)27-22)17-20(23(28)30)15-19-10-6-7-11-21(19)18-8-4-3-5-9-18/h3-11,16,20H,2,12-15,17H2,1H3,(H2,26,27,32)/t20-/m1/s1. The van der Waals surface area contributed by atoms with Crippen molar-refractivity contribution < 1.29 is 9.59 Å². The number of carbonyl (C=O) groups excluding carboxylic acids is 2. The highest BCUT2D eigenvalue weighted by Crippen LogP contribution is 2.27. The van der Waals surface area contributed by atoms with Gasteiger partial charge < -0.3 is 19.8 Å². The Morgan fingerprint density at radius 1 is 1.03 bits per heavy atom. The van der Waals surface area contributed by atoms with Crippen LogP contribution in [0.1, 0.15) is 29.4 Å². The third-order valence-corrected chi connectivity index (χ3v) is 5.92. The summed E-state index contributed by atoms with van der Waals surface area (Å²) < 4.78 is 0. The van der Waals surface area contributed by atoms with Crippen LogP contribution in [0, 0.1) is 5.92 Å². The Bertz CT molecular complexity index is 1140. The fourth-order valence-electron chi connectivity index (χ4n) is 4.35. The molecule has 0 aliphatic carbocycles. The molecule has 0 spiro atoms. The maximum atomic E-state index is 13.4. The number of imidazole rings is 1. The van der Waals surface area contributed by atoms with Crippen LogP contribution in [0.4, 0.5) is 0 Å². The molecular weight excluding hydrogens is 404 g/mol. The largest absolute Gasteiger partial charge is 0.341 e. The monoisotopic (exact) mass is 432 g/mol.